The molecule has 1 saturated heterocycles. The number of hydrogen-bond acceptors (Lipinski definition) is 3. The number of nitrogens with one attached hydrogen (secondary N) is 2. The van der Waals surface area contributed by atoms with Gasteiger partial charge in [-0.05, 0) is 50.9 Å². The normalized spacial score (nSPS) is 17.3. The highest BCUT2D eigenvalue weighted by Crippen LogP contribution is 2.14. The van der Waals surface area contributed by atoms with E-state index in [1.165, 1.54) is 12.8 Å². The monoisotopic (exact) mass is 351 g/mol. The molecule has 0 spiro atoms. The SMILES string of the molecule is CC(CNC(=O)C(C)NC(=O)c1ccccc1Cl)CN1CCCC1. The predicted octanol–water partition coefficient (Wildman–Crippen LogP) is 2.31. The van der Waals surface area contributed by atoms with Crippen molar-refractivity contribution in [2.24, 2.45) is 5.92 Å². The summed E-state index contributed by atoms with van der Waals surface area (Å²) in [6, 6.07) is 6.19. The lowest BCUT2D eigenvalue weighted by Gasteiger charge is -2.21. The Morgan fingerprint density at radius 1 is 1.21 bits per heavy atom. The minimum absolute atomic E-state index is 0.177. The molecular weight excluding hydrogens is 326 g/mol. The molecule has 0 aromatic heterocycles. The van der Waals surface area contributed by atoms with E-state index in [4.69, 9.17) is 11.6 Å². The number of nitrogens with zero attached hydrogens (tertiary/aromatic N) is 1. The summed E-state index contributed by atoms with van der Waals surface area (Å²) in [6.07, 6.45) is 2.54. The van der Waals surface area contributed by atoms with Crippen LogP contribution >= 0.6 is 11.6 Å². The number of hydrogen-bond donors (Lipinski definition) is 2. The van der Waals surface area contributed by atoms with Crippen LogP contribution in [-0.4, -0.2) is 48.9 Å². The average Bonchev–Trinajstić information content (AvgIpc) is 3.05. The molecule has 24 heavy (non-hydrogen) atoms. The quantitative estimate of drug-likeness (QED) is 0.792. The topological polar surface area (TPSA) is 61.4 Å². The zero-order valence-electron chi connectivity index (χ0n) is 14.3. The largest absolute Gasteiger partial charge is 0.354 e. The number of carbonyl (C=O) groups is 2. The van der Waals surface area contributed by atoms with Crippen molar-refractivity contribution in [2.75, 3.05) is 26.2 Å². The first-order chi connectivity index (χ1) is 11.5. The van der Waals surface area contributed by atoms with E-state index in [0.717, 1.165) is 19.6 Å². The molecule has 0 saturated carbocycles. The molecule has 2 N–H and O–H groups in total. The number of halogens is 1. The van der Waals surface area contributed by atoms with Gasteiger partial charge < -0.3 is 15.5 Å². The van der Waals surface area contributed by atoms with Crippen molar-refractivity contribution in [2.45, 2.75) is 32.7 Å². The smallest absolute Gasteiger partial charge is 0.253 e. The molecule has 2 unspecified atom stereocenters. The van der Waals surface area contributed by atoms with Crippen molar-refractivity contribution in [1.29, 1.82) is 0 Å². The number of amides is 2. The molecule has 0 radical (unpaired) electrons. The molecule has 1 aliphatic rings. The third-order valence-corrected chi connectivity index (χ3v) is 4.58. The first-order valence-electron chi connectivity index (χ1n) is 8.53. The zero-order chi connectivity index (χ0) is 17.5. The maximum absolute atomic E-state index is 12.2. The van der Waals surface area contributed by atoms with Gasteiger partial charge in [-0.25, -0.2) is 0 Å². The first-order valence-corrected chi connectivity index (χ1v) is 8.90. The highest BCUT2D eigenvalue weighted by molar-refractivity contribution is 6.33. The molecule has 6 heteroatoms. The van der Waals surface area contributed by atoms with Gasteiger partial charge in [-0.2, -0.15) is 0 Å². The van der Waals surface area contributed by atoms with Crippen molar-refractivity contribution >= 4 is 23.4 Å². The third-order valence-electron chi connectivity index (χ3n) is 4.25. The van der Waals surface area contributed by atoms with E-state index in [2.05, 4.69) is 22.5 Å². The summed E-state index contributed by atoms with van der Waals surface area (Å²) < 4.78 is 0. The summed E-state index contributed by atoms with van der Waals surface area (Å²) in [4.78, 5) is 26.8. The van der Waals surface area contributed by atoms with Gasteiger partial charge in [-0.1, -0.05) is 30.7 Å². The van der Waals surface area contributed by atoms with Gasteiger partial charge in [0.2, 0.25) is 5.91 Å². The van der Waals surface area contributed by atoms with E-state index in [1.54, 1.807) is 31.2 Å². The number of carbonyl (C=O) groups excluding carboxylic acids is 2. The zero-order valence-corrected chi connectivity index (χ0v) is 15.1. The fourth-order valence-corrected chi connectivity index (χ4v) is 3.11. The van der Waals surface area contributed by atoms with Crippen LogP contribution in [0.4, 0.5) is 0 Å². The van der Waals surface area contributed by atoms with Crippen molar-refractivity contribution in [3.63, 3.8) is 0 Å². The van der Waals surface area contributed by atoms with Gasteiger partial charge >= 0.3 is 0 Å². The Hall–Kier alpha value is -1.59. The van der Waals surface area contributed by atoms with Gasteiger partial charge in [-0.3, -0.25) is 9.59 Å². The van der Waals surface area contributed by atoms with E-state index in [9.17, 15) is 9.59 Å². The molecule has 1 aliphatic heterocycles. The van der Waals surface area contributed by atoms with Gasteiger partial charge in [0.15, 0.2) is 0 Å². The predicted molar refractivity (Wildman–Crippen MR) is 96.2 cm³/mol. The Balaban J connectivity index is 1.75. The molecule has 1 aromatic carbocycles. The fraction of sp³-hybridized carbons (Fsp3) is 0.556. The molecule has 2 atom stereocenters. The second-order valence-electron chi connectivity index (χ2n) is 6.53. The van der Waals surface area contributed by atoms with Crippen LogP contribution in [0.25, 0.3) is 0 Å². The van der Waals surface area contributed by atoms with Crippen LogP contribution in [0.2, 0.25) is 5.02 Å². The second-order valence-corrected chi connectivity index (χ2v) is 6.94. The molecule has 0 aliphatic carbocycles. The Kier molecular flexibility index (Phi) is 7.06. The highest BCUT2D eigenvalue weighted by Gasteiger charge is 2.19. The van der Waals surface area contributed by atoms with Gasteiger partial charge in [0.25, 0.3) is 5.91 Å². The average molecular weight is 352 g/mol. The first kappa shape index (κ1) is 18.7. The van der Waals surface area contributed by atoms with Crippen LogP contribution in [0, 0.1) is 5.92 Å². The lowest BCUT2D eigenvalue weighted by Crippen LogP contribution is -2.46. The molecule has 5 nitrogen and oxygen atoms in total. The van der Waals surface area contributed by atoms with Crippen molar-refractivity contribution in [1.82, 2.24) is 15.5 Å². The Labute approximate surface area is 148 Å². The minimum Gasteiger partial charge on any atom is -0.354 e. The summed E-state index contributed by atoms with van der Waals surface area (Å²) in [6.45, 7) is 7.73. The molecule has 132 valence electrons. The van der Waals surface area contributed by atoms with Crippen LogP contribution in [0.5, 0.6) is 0 Å². The van der Waals surface area contributed by atoms with E-state index in [1.807, 2.05) is 0 Å². The molecule has 1 heterocycles. The summed E-state index contributed by atoms with van der Waals surface area (Å²) >= 11 is 6.00. The summed E-state index contributed by atoms with van der Waals surface area (Å²) in [5.41, 5.74) is 0.376. The van der Waals surface area contributed by atoms with Crippen LogP contribution < -0.4 is 10.6 Å². The Morgan fingerprint density at radius 2 is 1.88 bits per heavy atom. The lowest BCUT2D eigenvalue weighted by molar-refractivity contribution is -0.122. The molecule has 1 fully saturated rings. The van der Waals surface area contributed by atoms with Gasteiger partial charge in [0, 0.05) is 13.1 Å². The van der Waals surface area contributed by atoms with Gasteiger partial charge in [-0.15, -0.1) is 0 Å². The molecule has 1 aromatic rings. The molecule has 2 rings (SSSR count). The highest BCUT2D eigenvalue weighted by atomic mass is 35.5. The molecule has 2 amide bonds. The number of likely N-dealkylation sites (tertiary alicyclic amines) is 1. The van der Waals surface area contributed by atoms with E-state index in [-0.39, 0.29) is 11.8 Å². The maximum atomic E-state index is 12.2. The van der Waals surface area contributed by atoms with E-state index >= 15 is 0 Å². The summed E-state index contributed by atoms with van der Waals surface area (Å²) in [5, 5.41) is 5.98. The Bertz CT molecular complexity index is 573. The van der Waals surface area contributed by atoms with Crippen LogP contribution in [-0.2, 0) is 4.79 Å². The van der Waals surface area contributed by atoms with Gasteiger partial charge in [0.1, 0.15) is 6.04 Å². The Morgan fingerprint density at radius 3 is 2.54 bits per heavy atom. The van der Waals surface area contributed by atoms with Crippen molar-refractivity contribution < 1.29 is 9.59 Å². The summed E-state index contributed by atoms with van der Waals surface area (Å²) in [7, 11) is 0. The maximum Gasteiger partial charge on any atom is 0.253 e. The van der Waals surface area contributed by atoms with Crippen LogP contribution in [0.15, 0.2) is 24.3 Å². The fourth-order valence-electron chi connectivity index (χ4n) is 2.88. The molecule has 0 bridgehead atoms. The lowest BCUT2D eigenvalue weighted by atomic mass is 10.1. The van der Waals surface area contributed by atoms with Gasteiger partial charge in [0.05, 0.1) is 10.6 Å². The van der Waals surface area contributed by atoms with E-state index in [0.29, 0.717) is 23.0 Å². The summed E-state index contributed by atoms with van der Waals surface area (Å²) in [5.74, 6) is -0.129. The standard InChI is InChI=1S/C18H26ClN3O2/c1-13(12-22-9-5-6-10-22)11-20-17(23)14(2)21-18(24)15-7-3-4-8-16(15)19/h3-4,7-8,13-14H,5-6,9-12H2,1-2H3,(H,20,23)(H,21,24). The van der Waals surface area contributed by atoms with E-state index < -0.39 is 6.04 Å². The van der Waals surface area contributed by atoms with Crippen molar-refractivity contribution in [3.8, 4) is 0 Å². The number of benzene rings is 1. The number of rotatable bonds is 7. The van der Waals surface area contributed by atoms with Crippen LogP contribution in [0.1, 0.15) is 37.0 Å². The third kappa shape index (κ3) is 5.49. The van der Waals surface area contributed by atoms with Crippen molar-refractivity contribution in [3.05, 3.63) is 34.9 Å². The second kappa shape index (κ2) is 9.04. The molecular formula is C18H26ClN3O2. The van der Waals surface area contributed by atoms with Crippen LogP contribution in [0.3, 0.4) is 0 Å². The minimum atomic E-state index is -0.604.